The lowest BCUT2D eigenvalue weighted by atomic mass is 9.90. The third-order valence-corrected chi connectivity index (χ3v) is 4.89. The number of benzene rings is 1. The molecule has 0 saturated carbocycles. The molecule has 3 rings (SSSR count). The molecule has 0 aliphatic carbocycles. The van der Waals surface area contributed by atoms with Crippen LogP contribution in [0.25, 0.3) is 11.4 Å². The van der Waals surface area contributed by atoms with Gasteiger partial charge in [-0.15, -0.1) is 10.2 Å². The number of aliphatic carboxylic acids is 1. The summed E-state index contributed by atoms with van der Waals surface area (Å²) in [6.07, 6.45) is 0.443. The molecule has 1 aliphatic rings. The minimum atomic E-state index is -0.901. The molecule has 8 heteroatoms. The van der Waals surface area contributed by atoms with E-state index >= 15 is 0 Å². The second kappa shape index (κ2) is 6.86. The number of likely N-dealkylation sites (tertiary alicyclic amines) is 1. The van der Waals surface area contributed by atoms with Gasteiger partial charge in [-0.1, -0.05) is 44.2 Å². The van der Waals surface area contributed by atoms with Crippen molar-refractivity contribution in [3.8, 4) is 11.4 Å². The molecule has 1 amide bonds. The number of rotatable bonds is 5. The van der Waals surface area contributed by atoms with Gasteiger partial charge < -0.3 is 10.0 Å². The Balaban J connectivity index is 1.83. The lowest BCUT2D eigenvalue weighted by molar-refractivity contribution is -0.147. The average molecular weight is 357 g/mol. The minimum Gasteiger partial charge on any atom is -0.481 e. The topological polar surface area (TPSA) is 101 Å². The predicted molar refractivity (Wildman–Crippen MR) is 94.1 cm³/mol. The van der Waals surface area contributed by atoms with Gasteiger partial charge in [0.25, 0.3) is 0 Å². The Labute approximate surface area is 151 Å². The van der Waals surface area contributed by atoms with Crippen molar-refractivity contribution in [3.63, 3.8) is 0 Å². The van der Waals surface area contributed by atoms with Crippen LogP contribution in [0.2, 0.25) is 0 Å². The zero-order valence-corrected chi connectivity index (χ0v) is 15.2. The number of nitrogens with zero attached hydrogens (tertiary/aromatic N) is 5. The minimum absolute atomic E-state index is 0.0583. The molecule has 138 valence electrons. The van der Waals surface area contributed by atoms with Gasteiger partial charge >= 0.3 is 5.97 Å². The number of tetrazole rings is 1. The maximum Gasteiger partial charge on any atom is 0.311 e. The van der Waals surface area contributed by atoms with Gasteiger partial charge in [-0.05, 0) is 24.5 Å². The van der Waals surface area contributed by atoms with E-state index in [1.165, 1.54) is 4.80 Å². The molecule has 1 N–H and O–H groups in total. The van der Waals surface area contributed by atoms with E-state index in [0.717, 1.165) is 5.56 Å². The van der Waals surface area contributed by atoms with E-state index in [-0.39, 0.29) is 18.4 Å². The molecule has 2 aromatic rings. The Kier molecular flexibility index (Phi) is 4.76. The number of hydrogen-bond acceptors (Lipinski definition) is 5. The van der Waals surface area contributed by atoms with Crippen molar-refractivity contribution in [1.29, 1.82) is 0 Å². The molecule has 1 aliphatic heterocycles. The highest BCUT2D eigenvalue weighted by Gasteiger charge is 2.44. The van der Waals surface area contributed by atoms with Gasteiger partial charge in [-0.25, -0.2) is 0 Å². The molecule has 1 fully saturated rings. The zero-order valence-electron chi connectivity index (χ0n) is 15.2. The van der Waals surface area contributed by atoms with E-state index in [0.29, 0.717) is 18.8 Å². The Morgan fingerprint density at radius 3 is 2.50 bits per heavy atom. The van der Waals surface area contributed by atoms with Gasteiger partial charge in [0.05, 0.1) is 5.41 Å². The van der Waals surface area contributed by atoms with Crippen molar-refractivity contribution in [1.82, 2.24) is 25.1 Å². The van der Waals surface area contributed by atoms with Gasteiger partial charge in [0.15, 0.2) is 6.04 Å². The zero-order chi connectivity index (χ0) is 18.9. The van der Waals surface area contributed by atoms with Crippen molar-refractivity contribution in [2.75, 3.05) is 13.1 Å². The first-order valence-electron chi connectivity index (χ1n) is 8.69. The van der Waals surface area contributed by atoms with Gasteiger partial charge in [0.1, 0.15) is 0 Å². The maximum atomic E-state index is 13.0. The summed E-state index contributed by atoms with van der Waals surface area (Å²) in [6, 6.07) is 8.83. The van der Waals surface area contributed by atoms with Gasteiger partial charge in [0.2, 0.25) is 11.7 Å². The molecule has 26 heavy (non-hydrogen) atoms. The fraction of sp³-hybridized carbons (Fsp3) is 0.500. The lowest BCUT2D eigenvalue weighted by Gasteiger charge is -2.26. The van der Waals surface area contributed by atoms with Crippen LogP contribution in [0.5, 0.6) is 0 Å². The van der Waals surface area contributed by atoms with Crippen LogP contribution in [0.4, 0.5) is 0 Å². The summed E-state index contributed by atoms with van der Waals surface area (Å²) in [4.78, 5) is 27.4. The number of aromatic nitrogens is 4. The molecule has 1 aromatic heterocycles. The van der Waals surface area contributed by atoms with Gasteiger partial charge in [-0.3, -0.25) is 9.59 Å². The van der Waals surface area contributed by atoms with Crippen LogP contribution in [0.1, 0.15) is 33.2 Å². The normalized spacial score (nSPS) is 21.2. The van der Waals surface area contributed by atoms with Crippen molar-refractivity contribution >= 4 is 11.9 Å². The van der Waals surface area contributed by atoms with E-state index < -0.39 is 17.4 Å². The fourth-order valence-electron chi connectivity index (χ4n) is 3.21. The maximum absolute atomic E-state index is 13.0. The number of carboxylic acids is 1. The predicted octanol–water partition coefficient (Wildman–Crippen LogP) is 1.86. The first kappa shape index (κ1) is 18.0. The molecule has 8 nitrogen and oxygen atoms in total. The number of carbonyl (C=O) groups is 2. The van der Waals surface area contributed by atoms with Crippen molar-refractivity contribution in [3.05, 3.63) is 30.3 Å². The molecule has 2 heterocycles. The second-order valence-corrected chi connectivity index (χ2v) is 7.36. The third-order valence-electron chi connectivity index (χ3n) is 4.89. The Bertz CT molecular complexity index is 804. The quantitative estimate of drug-likeness (QED) is 0.876. The highest BCUT2D eigenvalue weighted by Crippen LogP contribution is 2.32. The highest BCUT2D eigenvalue weighted by molar-refractivity contribution is 5.83. The van der Waals surface area contributed by atoms with Crippen LogP contribution in [0, 0.1) is 11.3 Å². The molecular formula is C18H23N5O3. The SMILES string of the molecule is CC(C)[C@@H](C(=O)N1CC[C@](C)(C(=O)O)C1)n1nnc(-c2ccccc2)n1. The Morgan fingerprint density at radius 1 is 1.23 bits per heavy atom. The van der Waals surface area contributed by atoms with Gasteiger partial charge in [-0.2, -0.15) is 4.80 Å². The average Bonchev–Trinajstić information content (AvgIpc) is 3.23. The smallest absolute Gasteiger partial charge is 0.311 e. The Morgan fingerprint density at radius 2 is 1.92 bits per heavy atom. The summed E-state index contributed by atoms with van der Waals surface area (Å²) in [5.74, 6) is -0.640. The van der Waals surface area contributed by atoms with Crippen molar-refractivity contribution in [2.24, 2.45) is 11.3 Å². The van der Waals surface area contributed by atoms with Crippen LogP contribution >= 0.6 is 0 Å². The van der Waals surface area contributed by atoms with Crippen molar-refractivity contribution in [2.45, 2.75) is 33.2 Å². The summed E-state index contributed by atoms with van der Waals surface area (Å²) in [7, 11) is 0. The van der Waals surface area contributed by atoms with Crippen LogP contribution in [-0.4, -0.2) is 55.2 Å². The second-order valence-electron chi connectivity index (χ2n) is 7.36. The summed E-state index contributed by atoms with van der Waals surface area (Å²) >= 11 is 0. The number of amides is 1. The summed E-state index contributed by atoms with van der Waals surface area (Å²) in [5, 5.41) is 21.9. The van der Waals surface area contributed by atoms with E-state index in [1.807, 2.05) is 44.2 Å². The monoisotopic (exact) mass is 357 g/mol. The lowest BCUT2D eigenvalue weighted by Crippen LogP contribution is -2.41. The molecule has 0 radical (unpaired) electrons. The van der Waals surface area contributed by atoms with Crippen LogP contribution in [-0.2, 0) is 9.59 Å². The van der Waals surface area contributed by atoms with E-state index in [1.54, 1.807) is 11.8 Å². The first-order chi connectivity index (χ1) is 12.3. The van der Waals surface area contributed by atoms with Crippen LogP contribution in [0.3, 0.4) is 0 Å². The first-order valence-corrected chi connectivity index (χ1v) is 8.69. The van der Waals surface area contributed by atoms with Crippen molar-refractivity contribution < 1.29 is 14.7 Å². The van der Waals surface area contributed by atoms with Crippen LogP contribution in [0.15, 0.2) is 30.3 Å². The molecule has 1 saturated heterocycles. The van der Waals surface area contributed by atoms with Gasteiger partial charge in [0, 0.05) is 18.7 Å². The molecule has 0 unspecified atom stereocenters. The van der Waals surface area contributed by atoms with E-state index in [2.05, 4.69) is 15.4 Å². The molecule has 0 spiro atoms. The third kappa shape index (κ3) is 3.31. The largest absolute Gasteiger partial charge is 0.481 e. The molecule has 0 bridgehead atoms. The standard InChI is InChI=1S/C18H23N5O3/c1-12(2)14(16(24)22-10-9-18(3,11-22)17(25)26)23-20-15(19-21-23)13-7-5-4-6-8-13/h4-8,12,14H,9-11H2,1-3H3,(H,25,26)/t14-,18-/m0/s1. The van der Waals surface area contributed by atoms with Crippen LogP contribution < -0.4 is 0 Å². The summed E-state index contributed by atoms with van der Waals surface area (Å²) in [6.45, 7) is 6.13. The number of hydrogen-bond donors (Lipinski definition) is 1. The van der Waals surface area contributed by atoms with E-state index in [9.17, 15) is 14.7 Å². The Hall–Kier alpha value is -2.77. The number of carboxylic acid groups (broad SMARTS) is 1. The molecule has 1 aromatic carbocycles. The van der Waals surface area contributed by atoms with E-state index in [4.69, 9.17) is 0 Å². The number of carbonyl (C=O) groups excluding carboxylic acids is 1. The summed E-state index contributed by atoms with van der Waals surface area (Å²) in [5.41, 5.74) is -0.0735. The fourth-order valence-corrected chi connectivity index (χ4v) is 3.21. The summed E-state index contributed by atoms with van der Waals surface area (Å²) < 4.78 is 0. The molecular weight excluding hydrogens is 334 g/mol. The molecule has 2 atom stereocenters. The highest BCUT2D eigenvalue weighted by atomic mass is 16.4.